The van der Waals surface area contributed by atoms with Crippen LogP contribution in [0, 0.1) is 0 Å². The van der Waals surface area contributed by atoms with Crippen LogP contribution in [-0.2, 0) is 60.0 Å². The molecule has 1 aliphatic rings. The number of anilines is 5. The van der Waals surface area contributed by atoms with Gasteiger partial charge >= 0.3 is 0 Å². The van der Waals surface area contributed by atoms with Crippen LogP contribution in [-0.4, -0.2) is 109 Å². The molecular weight excluding hydrogens is 1070 g/mol. The fraction of sp³-hybridized carbons (Fsp3) is 0.139. The van der Waals surface area contributed by atoms with Crippen LogP contribution >= 0.6 is 12.0 Å². The third-order valence-corrected chi connectivity index (χ3v) is 14.4. The van der Waals surface area contributed by atoms with Crippen molar-refractivity contribution >= 4 is 125 Å². The molecule has 1 saturated heterocycles. The third kappa shape index (κ3) is 14.1. The molecule has 8 N–H and O–H groups in total. The van der Waals surface area contributed by atoms with Crippen LogP contribution in [0.2, 0.25) is 0 Å². The minimum absolute atomic E-state index is 0.00262. The maximum absolute atomic E-state index is 12.1. The molecule has 0 radical (unpaired) electrons. The topological polar surface area (TPSA) is 435 Å². The summed E-state index contributed by atoms with van der Waals surface area (Å²) in [6.45, 7) is -0.506. The van der Waals surface area contributed by atoms with Crippen LogP contribution in [0.15, 0.2) is 131 Å². The van der Waals surface area contributed by atoms with Gasteiger partial charge in [-0.25, -0.2) is 5.26 Å². The van der Waals surface area contributed by atoms with Gasteiger partial charge in [0.25, 0.3) is 50.6 Å². The first-order valence-corrected chi connectivity index (χ1v) is 27.4. The van der Waals surface area contributed by atoms with E-state index in [-0.39, 0.29) is 87.3 Å². The van der Waals surface area contributed by atoms with Crippen molar-refractivity contribution in [3.63, 3.8) is 0 Å². The van der Waals surface area contributed by atoms with Gasteiger partial charge in [0.05, 0.1) is 58.6 Å². The fourth-order valence-corrected chi connectivity index (χ4v) is 9.72. The van der Waals surface area contributed by atoms with Gasteiger partial charge in [-0.1, -0.05) is 11.1 Å². The van der Waals surface area contributed by atoms with Gasteiger partial charge in [0.2, 0.25) is 17.8 Å². The van der Waals surface area contributed by atoms with Crippen molar-refractivity contribution in [2.75, 3.05) is 34.4 Å². The van der Waals surface area contributed by atoms with Crippen molar-refractivity contribution in [1.82, 2.24) is 15.0 Å². The second kappa shape index (κ2) is 20.7. The highest BCUT2D eigenvalue weighted by molar-refractivity contribution is 7.94. The number of hydrogen-bond donors (Lipinski definition) is 8. The zero-order valence-electron chi connectivity index (χ0n) is 35.1. The molecule has 0 spiro atoms. The Bertz CT molecular complexity index is 3690. The molecule has 71 heavy (non-hydrogen) atoms. The second-order valence-corrected chi connectivity index (χ2v) is 22.5. The summed E-state index contributed by atoms with van der Waals surface area (Å²) in [5.74, 6) is -1.39. The van der Waals surface area contributed by atoms with E-state index >= 15 is 0 Å². The smallest absolute Gasteiger partial charge is 0.296 e. The number of nitrogens with zero attached hydrogens (tertiary/aromatic N) is 8. The van der Waals surface area contributed by atoms with E-state index in [1.807, 2.05) is 0 Å². The Morgan fingerprint density at radius 2 is 1.30 bits per heavy atom. The van der Waals surface area contributed by atoms with Crippen LogP contribution in [0.25, 0.3) is 10.8 Å². The Kier molecular flexibility index (Phi) is 15.3. The van der Waals surface area contributed by atoms with Crippen molar-refractivity contribution in [1.29, 1.82) is 0 Å². The molecule has 6 aromatic rings. The normalized spacial score (nSPS) is 14.6. The molecule has 0 amide bonds. The number of aromatic nitrogens is 3. The van der Waals surface area contributed by atoms with E-state index in [0.29, 0.717) is 23.8 Å². The number of hydrogen-bond acceptors (Lipinski definition) is 25. The number of nitrogens with one attached hydrogen (secondary N) is 2. The molecule has 1 unspecified atom stereocenters. The Labute approximate surface area is 405 Å². The van der Waals surface area contributed by atoms with Crippen molar-refractivity contribution in [3.8, 4) is 5.75 Å². The molecule has 2 heterocycles. The standard InChI is InChI=1S/C36H32N10O19S6/c47-64-65-66-25-8-11-31(69(54,55)56)29(17-25)45-44-24-7-10-28(30(16-24)63-12-1-13-67(48,49)50)38-35-39-34(40-36(41-35)46-19-33(46)71(60,61)62)37-21-2-4-22(5-3-21)42-43-23-6-9-27-20(14-23)15-26(68(51,52)53)18-32(27)70(57,58)59/h2-11,14-18,33,47H,1,12-13,19H2,(H,48,49,50)(H,51,52,53)(H,54,55,56)(H,57,58,59)(H,60,61,62)(H2,37,38,39,40,41). The van der Waals surface area contributed by atoms with E-state index in [2.05, 4.69) is 55.4 Å². The van der Waals surface area contributed by atoms with Gasteiger partial charge in [-0.05, 0) is 90.7 Å². The number of rotatable bonds is 21. The first-order valence-electron chi connectivity index (χ1n) is 19.2. The van der Waals surface area contributed by atoms with Gasteiger partial charge in [-0.2, -0.15) is 72.4 Å². The lowest BCUT2D eigenvalue weighted by Crippen LogP contribution is -2.15. The largest absolute Gasteiger partial charge is 0.491 e. The fourth-order valence-electron chi connectivity index (χ4n) is 6.12. The molecule has 0 saturated carbocycles. The summed E-state index contributed by atoms with van der Waals surface area (Å²) in [4.78, 5) is 12.0. The summed E-state index contributed by atoms with van der Waals surface area (Å²) in [7, 11) is -23.6. The highest BCUT2D eigenvalue weighted by Gasteiger charge is 2.46. The SMILES string of the molecule is O=S(=O)(O)CCCOc1cc(N=Nc2cc(SOOO)ccc2S(=O)(=O)O)ccc1Nc1nc(Nc2ccc(N=Nc3ccc4c(S(=O)(=O)O)cc(S(=O)(=O)O)cc4c3)cc2)nc(N2CC2S(=O)(=O)O)n1. The minimum Gasteiger partial charge on any atom is -0.491 e. The molecule has 0 bridgehead atoms. The predicted octanol–water partition coefficient (Wildman–Crippen LogP) is 6.20. The van der Waals surface area contributed by atoms with Gasteiger partial charge in [0, 0.05) is 22.0 Å². The van der Waals surface area contributed by atoms with Crippen molar-refractivity contribution in [3.05, 3.63) is 91.0 Å². The van der Waals surface area contributed by atoms with Crippen LogP contribution < -0.4 is 20.3 Å². The molecule has 1 aliphatic heterocycles. The number of ether oxygens (including phenoxy) is 1. The average Bonchev–Trinajstić information content (AvgIpc) is 4.10. The quantitative estimate of drug-likeness (QED) is 0.00756. The lowest BCUT2D eigenvalue weighted by Gasteiger charge is -2.15. The van der Waals surface area contributed by atoms with Gasteiger partial charge in [0.15, 0.2) is 5.37 Å². The van der Waals surface area contributed by atoms with Crippen molar-refractivity contribution < 1.29 is 84.2 Å². The van der Waals surface area contributed by atoms with Gasteiger partial charge in [0.1, 0.15) is 21.2 Å². The predicted molar refractivity (Wildman–Crippen MR) is 247 cm³/mol. The van der Waals surface area contributed by atoms with Crippen LogP contribution in [0.3, 0.4) is 0 Å². The Hall–Kier alpha value is -6.45. The van der Waals surface area contributed by atoms with Crippen LogP contribution in [0.1, 0.15) is 6.42 Å². The highest BCUT2D eigenvalue weighted by atomic mass is 32.2. The first kappa shape index (κ1) is 52.4. The van der Waals surface area contributed by atoms with E-state index in [0.717, 1.165) is 23.1 Å². The second-order valence-electron chi connectivity index (χ2n) is 14.4. The van der Waals surface area contributed by atoms with Gasteiger partial charge in [-0.15, -0.1) is 9.45 Å². The van der Waals surface area contributed by atoms with E-state index in [1.54, 1.807) is 0 Å². The van der Waals surface area contributed by atoms with Gasteiger partial charge < -0.3 is 20.3 Å². The highest BCUT2D eigenvalue weighted by Crippen LogP contribution is 2.37. The zero-order chi connectivity index (χ0) is 51.5. The molecule has 35 heteroatoms. The molecule has 1 atom stereocenters. The molecule has 1 fully saturated rings. The molecular formula is C36H32N10O19S6. The summed E-state index contributed by atoms with van der Waals surface area (Å²) < 4.78 is 176. The first-order chi connectivity index (χ1) is 33.2. The average molecular weight is 1100 g/mol. The summed E-state index contributed by atoms with van der Waals surface area (Å²) in [6, 6.07) is 18.8. The number of fused-ring (bicyclic) bond motifs is 1. The molecule has 5 aromatic carbocycles. The number of azo groups is 2. The van der Waals surface area contributed by atoms with Crippen LogP contribution in [0.4, 0.5) is 52.0 Å². The summed E-state index contributed by atoms with van der Waals surface area (Å²) in [6.07, 6.45) is -0.202. The summed E-state index contributed by atoms with van der Waals surface area (Å²) >= 11 is 0.458. The van der Waals surface area contributed by atoms with E-state index in [1.165, 1.54) is 66.7 Å². The van der Waals surface area contributed by atoms with Crippen molar-refractivity contribution in [2.45, 2.75) is 31.4 Å². The molecule has 376 valence electrons. The van der Waals surface area contributed by atoms with E-state index in [9.17, 15) is 64.9 Å². The lowest BCUT2D eigenvalue weighted by atomic mass is 10.1. The van der Waals surface area contributed by atoms with Gasteiger partial charge in [-0.3, -0.25) is 22.8 Å². The third-order valence-electron chi connectivity index (χ3n) is 9.30. The molecule has 7 rings (SSSR count). The molecule has 1 aromatic heterocycles. The lowest BCUT2D eigenvalue weighted by molar-refractivity contribution is -0.432. The van der Waals surface area contributed by atoms with E-state index in [4.69, 9.17) is 9.99 Å². The Morgan fingerprint density at radius 1 is 0.662 bits per heavy atom. The van der Waals surface area contributed by atoms with Crippen LogP contribution in [0.5, 0.6) is 5.75 Å². The minimum atomic E-state index is -4.91. The summed E-state index contributed by atoms with van der Waals surface area (Å²) in [5, 5.41) is 32.5. The molecule has 29 nitrogen and oxygen atoms in total. The maximum atomic E-state index is 12.1. The summed E-state index contributed by atoms with van der Waals surface area (Å²) in [5.41, 5.74) is 0.410. The number of benzene rings is 5. The van der Waals surface area contributed by atoms with Crippen molar-refractivity contribution in [2.24, 2.45) is 20.5 Å². The molecule has 0 aliphatic carbocycles. The monoisotopic (exact) mass is 1100 g/mol. The Morgan fingerprint density at radius 3 is 1.93 bits per heavy atom. The maximum Gasteiger partial charge on any atom is 0.296 e. The zero-order valence-corrected chi connectivity index (χ0v) is 40.0. The Balaban J connectivity index is 1.16. The van der Waals surface area contributed by atoms with E-state index < -0.39 is 76.4 Å².